The predicted octanol–water partition coefficient (Wildman–Crippen LogP) is 12.1. The highest BCUT2D eigenvalue weighted by molar-refractivity contribution is 6.19. The number of aromatic nitrogens is 4. The Morgan fingerprint density at radius 1 is 0.404 bits per heavy atom. The molecule has 0 fully saturated rings. The molecule has 0 N–H and O–H groups in total. The van der Waals surface area contributed by atoms with Crippen LogP contribution in [0.25, 0.3) is 82.9 Å². The van der Waals surface area contributed by atoms with Gasteiger partial charge in [-0.15, -0.1) is 0 Å². The smallest absolute Gasteiger partial charge is 0.238 e. The lowest BCUT2D eigenvalue weighted by Crippen LogP contribution is -2.19. The summed E-state index contributed by atoms with van der Waals surface area (Å²) in [5.74, 6) is 1.82. The second kappa shape index (κ2) is 11.2. The Morgan fingerprint density at radius 3 is 1.92 bits per heavy atom. The monoisotopic (exact) mass is 663 g/mol. The van der Waals surface area contributed by atoms with Gasteiger partial charge < -0.3 is 4.57 Å². The van der Waals surface area contributed by atoms with Crippen LogP contribution in [0.1, 0.15) is 0 Å². The molecule has 5 heteroatoms. The quantitative estimate of drug-likeness (QED) is 0.188. The number of hydrogen-bond acceptors (Lipinski definition) is 4. The summed E-state index contributed by atoms with van der Waals surface area (Å²) < 4.78 is 2.33. The SMILES string of the molecule is c1ccc(-c2nc(-c3ccc4c(c3)c3ccccc3n4-c3ccccc3)nc(N3c4ccc5ccccc5c4-c4cccc5cccc3c45)n2)cc1. The van der Waals surface area contributed by atoms with E-state index in [4.69, 9.17) is 15.0 Å². The fourth-order valence-corrected chi connectivity index (χ4v) is 8.07. The van der Waals surface area contributed by atoms with Crippen molar-refractivity contribution in [2.45, 2.75) is 0 Å². The first kappa shape index (κ1) is 28.7. The number of hydrogen-bond donors (Lipinski definition) is 0. The normalized spacial score (nSPS) is 12.2. The van der Waals surface area contributed by atoms with Crippen molar-refractivity contribution in [2.24, 2.45) is 0 Å². The molecule has 8 aromatic carbocycles. The summed E-state index contributed by atoms with van der Waals surface area (Å²) in [6, 6.07) is 62.0. The molecule has 1 aliphatic rings. The number of benzene rings is 8. The lowest BCUT2D eigenvalue weighted by Gasteiger charge is -2.32. The van der Waals surface area contributed by atoms with E-state index in [1.54, 1.807) is 0 Å². The molecule has 5 nitrogen and oxygen atoms in total. The topological polar surface area (TPSA) is 46.8 Å². The zero-order valence-electron chi connectivity index (χ0n) is 28.0. The molecule has 0 unspecified atom stereocenters. The average molecular weight is 664 g/mol. The maximum atomic E-state index is 5.34. The minimum Gasteiger partial charge on any atom is -0.309 e. The summed E-state index contributed by atoms with van der Waals surface area (Å²) in [4.78, 5) is 18.0. The highest BCUT2D eigenvalue weighted by Gasteiger charge is 2.30. The van der Waals surface area contributed by atoms with Crippen molar-refractivity contribution in [3.8, 4) is 39.6 Å². The summed E-state index contributed by atoms with van der Waals surface area (Å²) in [5.41, 5.74) is 9.77. The van der Waals surface area contributed by atoms with Crippen LogP contribution in [0.2, 0.25) is 0 Å². The van der Waals surface area contributed by atoms with Crippen LogP contribution in [0.15, 0.2) is 176 Å². The molecule has 0 radical (unpaired) electrons. The fraction of sp³-hybridized carbons (Fsp3) is 0. The lowest BCUT2D eigenvalue weighted by atomic mass is 9.88. The van der Waals surface area contributed by atoms with Crippen LogP contribution in [0, 0.1) is 0 Å². The van der Waals surface area contributed by atoms with Crippen LogP contribution in [0.5, 0.6) is 0 Å². The van der Waals surface area contributed by atoms with Crippen LogP contribution in [0.4, 0.5) is 17.3 Å². The molecule has 0 saturated carbocycles. The molecule has 2 aromatic heterocycles. The van der Waals surface area contributed by atoms with Crippen molar-refractivity contribution in [2.75, 3.05) is 4.90 Å². The Kier molecular flexibility index (Phi) is 6.18. The summed E-state index contributed by atoms with van der Waals surface area (Å²) >= 11 is 0. The molecular weight excluding hydrogens is 635 g/mol. The molecule has 11 rings (SSSR count). The summed E-state index contributed by atoms with van der Waals surface area (Å²) in [6.07, 6.45) is 0. The predicted molar refractivity (Wildman–Crippen MR) is 214 cm³/mol. The van der Waals surface area contributed by atoms with E-state index in [9.17, 15) is 0 Å². The van der Waals surface area contributed by atoms with Gasteiger partial charge in [0.1, 0.15) is 0 Å². The van der Waals surface area contributed by atoms with Crippen LogP contribution in [-0.4, -0.2) is 19.5 Å². The first-order valence-electron chi connectivity index (χ1n) is 17.5. The largest absolute Gasteiger partial charge is 0.309 e. The third kappa shape index (κ3) is 4.26. The molecule has 52 heavy (non-hydrogen) atoms. The number of rotatable bonds is 4. The molecule has 10 aromatic rings. The van der Waals surface area contributed by atoms with Gasteiger partial charge in [-0.3, -0.25) is 4.90 Å². The van der Waals surface area contributed by atoms with Gasteiger partial charge in [0.05, 0.1) is 22.4 Å². The molecule has 0 bridgehead atoms. The number of fused-ring (bicyclic) bond motifs is 7. The molecular formula is C47H29N5. The molecule has 0 spiro atoms. The van der Waals surface area contributed by atoms with E-state index < -0.39 is 0 Å². The van der Waals surface area contributed by atoms with Crippen molar-refractivity contribution in [3.05, 3.63) is 176 Å². The maximum absolute atomic E-state index is 5.34. The van der Waals surface area contributed by atoms with Crippen LogP contribution in [0.3, 0.4) is 0 Å². The highest BCUT2D eigenvalue weighted by atomic mass is 15.3. The van der Waals surface area contributed by atoms with Gasteiger partial charge in [-0.05, 0) is 70.3 Å². The maximum Gasteiger partial charge on any atom is 0.238 e. The van der Waals surface area contributed by atoms with Crippen molar-refractivity contribution in [3.63, 3.8) is 0 Å². The number of nitrogens with zero attached hydrogens (tertiary/aromatic N) is 5. The second-order valence-corrected chi connectivity index (χ2v) is 13.3. The van der Waals surface area contributed by atoms with Crippen LogP contribution in [-0.2, 0) is 0 Å². The van der Waals surface area contributed by atoms with Gasteiger partial charge in [0.15, 0.2) is 11.6 Å². The van der Waals surface area contributed by atoms with E-state index in [0.717, 1.165) is 44.6 Å². The van der Waals surface area contributed by atoms with Crippen molar-refractivity contribution in [1.82, 2.24) is 19.5 Å². The molecule has 1 aliphatic heterocycles. The third-order valence-corrected chi connectivity index (χ3v) is 10.3. The standard InChI is InChI=1S/C47H29N5/c1-3-14-32(15-4-1)45-48-46(33-26-27-40-38(29-33)36-21-9-10-23-39(36)51(40)34-18-5-2-6-19-34)50-47(49-45)52-41-24-12-17-31-16-11-22-37(43(31)41)44-35-20-8-7-13-30(35)25-28-42(44)52/h1-29H. The molecule has 0 atom stereocenters. The summed E-state index contributed by atoms with van der Waals surface area (Å²) in [6.45, 7) is 0. The Labute approximate surface area is 299 Å². The molecule has 0 amide bonds. The Hall–Kier alpha value is -7.11. The Balaban J connectivity index is 1.19. The van der Waals surface area contributed by atoms with Crippen molar-refractivity contribution in [1.29, 1.82) is 0 Å². The van der Waals surface area contributed by atoms with Gasteiger partial charge in [-0.25, -0.2) is 4.98 Å². The van der Waals surface area contributed by atoms with Gasteiger partial charge in [0.25, 0.3) is 0 Å². The van der Waals surface area contributed by atoms with Gasteiger partial charge in [0.2, 0.25) is 5.95 Å². The molecule has 3 heterocycles. The summed E-state index contributed by atoms with van der Waals surface area (Å²) in [5, 5.41) is 7.09. The lowest BCUT2D eigenvalue weighted by molar-refractivity contribution is 1.02. The molecule has 0 aliphatic carbocycles. The van der Waals surface area contributed by atoms with Crippen molar-refractivity contribution < 1.29 is 0 Å². The highest BCUT2D eigenvalue weighted by Crippen LogP contribution is 2.52. The van der Waals surface area contributed by atoms with Gasteiger partial charge >= 0.3 is 0 Å². The second-order valence-electron chi connectivity index (χ2n) is 13.3. The van der Waals surface area contributed by atoms with Crippen LogP contribution >= 0.6 is 0 Å². The first-order valence-corrected chi connectivity index (χ1v) is 17.5. The fourth-order valence-electron chi connectivity index (χ4n) is 8.07. The van der Waals surface area contributed by atoms with E-state index in [-0.39, 0.29) is 0 Å². The van der Waals surface area contributed by atoms with E-state index >= 15 is 0 Å². The van der Waals surface area contributed by atoms with Crippen molar-refractivity contribution >= 4 is 60.7 Å². The average Bonchev–Trinajstić information content (AvgIpc) is 3.55. The van der Waals surface area contributed by atoms with Gasteiger partial charge in [-0.2, -0.15) is 9.97 Å². The van der Waals surface area contributed by atoms with E-state index in [0.29, 0.717) is 17.6 Å². The number of para-hydroxylation sites is 2. The van der Waals surface area contributed by atoms with E-state index in [1.165, 1.54) is 38.1 Å². The van der Waals surface area contributed by atoms with Gasteiger partial charge in [0, 0.05) is 38.5 Å². The minimum atomic E-state index is 0.578. The van der Waals surface area contributed by atoms with E-state index in [2.05, 4.69) is 167 Å². The van der Waals surface area contributed by atoms with Gasteiger partial charge in [-0.1, -0.05) is 127 Å². The van der Waals surface area contributed by atoms with Crippen LogP contribution < -0.4 is 4.90 Å². The minimum absolute atomic E-state index is 0.578. The Bertz CT molecular complexity index is 3020. The van der Waals surface area contributed by atoms with E-state index in [1.807, 2.05) is 18.2 Å². The molecule has 242 valence electrons. The summed E-state index contributed by atoms with van der Waals surface area (Å²) in [7, 11) is 0. The first-order chi connectivity index (χ1) is 25.8. The molecule has 0 saturated heterocycles. The zero-order valence-corrected chi connectivity index (χ0v) is 28.0. The Morgan fingerprint density at radius 2 is 1.08 bits per heavy atom. The zero-order chi connectivity index (χ0) is 34.2. The number of anilines is 3. The third-order valence-electron chi connectivity index (χ3n) is 10.3.